The van der Waals surface area contributed by atoms with Crippen LogP contribution in [0.4, 0.5) is 0 Å². The number of ether oxygens (including phenoxy) is 4. The van der Waals surface area contributed by atoms with Crippen LogP contribution in [0.5, 0.6) is 0 Å². The quantitative estimate of drug-likeness (QED) is 0.400. The zero-order chi connectivity index (χ0) is 16.3. The van der Waals surface area contributed by atoms with Crippen molar-refractivity contribution in [3.05, 3.63) is 0 Å². The van der Waals surface area contributed by atoms with Crippen molar-refractivity contribution in [1.82, 2.24) is 0 Å². The molecule has 118 valence electrons. The molecule has 0 aromatic rings. The Labute approximate surface area is 121 Å². The number of esters is 4. The molecule has 1 saturated carbocycles. The van der Waals surface area contributed by atoms with Gasteiger partial charge in [-0.2, -0.15) is 0 Å². The predicted octanol–water partition coefficient (Wildman–Crippen LogP) is -0.165. The van der Waals surface area contributed by atoms with Crippen molar-refractivity contribution in [2.24, 2.45) is 10.8 Å². The minimum absolute atomic E-state index is 0.0729. The van der Waals surface area contributed by atoms with E-state index in [9.17, 15) is 19.2 Å². The van der Waals surface area contributed by atoms with Crippen LogP contribution >= 0.6 is 0 Å². The first kappa shape index (κ1) is 16.9. The summed E-state index contributed by atoms with van der Waals surface area (Å²) in [6.45, 7) is 0. The Morgan fingerprint density at radius 3 is 1.05 bits per heavy atom. The predicted molar refractivity (Wildman–Crippen MR) is 66.8 cm³/mol. The SMILES string of the molecule is COC(=O)C1(C(=O)OC)CCCC1(C(=O)OC)C(=O)OC. The van der Waals surface area contributed by atoms with E-state index in [4.69, 9.17) is 0 Å². The molecular formula is C13H18O8. The molecule has 0 spiro atoms. The molecule has 0 aliphatic heterocycles. The van der Waals surface area contributed by atoms with Gasteiger partial charge in [0.05, 0.1) is 28.4 Å². The third-order valence-electron chi connectivity index (χ3n) is 3.97. The smallest absolute Gasteiger partial charge is 0.325 e. The van der Waals surface area contributed by atoms with Crippen LogP contribution in [0, 0.1) is 10.8 Å². The summed E-state index contributed by atoms with van der Waals surface area (Å²) in [4.78, 5) is 49.0. The fourth-order valence-corrected chi connectivity index (χ4v) is 3.01. The molecule has 1 fully saturated rings. The summed E-state index contributed by atoms with van der Waals surface area (Å²) >= 11 is 0. The average molecular weight is 302 g/mol. The van der Waals surface area contributed by atoms with E-state index in [2.05, 4.69) is 18.9 Å². The van der Waals surface area contributed by atoms with Gasteiger partial charge in [-0.15, -0.1) is 0 Å². The van der Waals surface area contributed by atoms with Crippen LogP contribution in [0.3, 0.4) is 0 Å². The van der Waals surface area contributed by atoms with Crippen LogP contribution in [0.25, 0.3) is 0 Å². The minimum Gasteiger partial charge on any atom is -0.468 e. The maximum absolute atomic E-state index is 12.3. The standard InChI is InChI=1S/C13H18O8/c1-18-8(14)12(9(15)19-2)6-5-7-13(12,10(16)20-3)11(17)21-4/h5-7H2,1-4H3. The van der Waals surface area contributed by atoms with Crippen molar-refractivity contribution >= 4 is 23.9 Å². The van der Waals surface area contributed by atoms with Crippen LogP contribution in [0.15, 0.2) is 0 Å². The molecule has 0 bridgehead atoms. The van der Waals surface area contributed by atoms with E-state index in [0.717, 1.165) is 28.4 Å². The van der Waals surface area contributed by atoms with Gasteiger partial charge in [0.25, 0.3) is 0 Å². The summed E-state index contributed by atoms with van der Waals surface area (Å²) in [6.07, 6.45) is 0.113. The molecule has 0 aromatic carbocycles. The van der Waals surface area contributed by atoms with Gasteiger partial charge in [-0.1, -0.05) is 0 Å². The highest BCUT2D eigenvalue weighted by Gasteiger charge is 2.75. The lowest BCUT2D eigenvalue weighted by Gasteiger charge is -2.36. The summed E-state index contributed by atoms with van der Waals surface area (Å²) in [7, 11) is 4.24. The second kappa shape index (κ2) is 6.11. The van der Waals surface area contributed by atoms with Gasteiger partial charge < -0.3 is 18.9 Å². The molecule has 0 aromatic heterocycles. The number of hydrogen-bond acceptors (Lipinski definition) is 8. The van der Waals surface area contributed by atoms with Crippen LogP contribution in [-0.2, 0) is 38.1 Å². The molecule has 0 amide bonds. The van der Waals surface area contributed by atoms with Gasteiger partial charge in [-0.05, 0) is 19.3 Å². The van der Waals surface area contributed by atoms with Gasteiger partial charge in [0.2, 0.25) is 0 Å². The fourth-order valence-electron chi connectivity index (χ4n) is 3.01. The van der Waals surface area contributed by atoms with E-state index in [1.54, 1.807) is 0 Å². The zero-order valence-electron chi connectivity index (χ0n) is 12.4. The van der Waals surface area contributed by atoms with Gasteiger partial charge in [-0.25, -0.2) is 0 Å². The lowest BCUT2D eigenvalue weighted by Crippen LogP contribution is -2.59. The van der Waals surface area contributed by atoms with Gasteiger partial charge in [0.15, 0.2) is 10.8 Å². The van der Waals surface area contributed by atoms with Crippen molar-refractivity contribution in [3.63, 3.8) is 0 Å². The zero-order valence-corrected chi connectivity index (χ0v) is 12.4. The maximum atomic E-state index is 12.3. The molecule has 0 unspecified atom stereocenters. The number of rotatable bonds is 4. The van der Waals surface area contributed by atoms with Crippen molar-refractivity contribution < 1.29 is 38.1 Å². The topological polar surface area (TPSA) is 105 Å². The van der Waals surface area contributed by atoms with Gasteiger partial charge in [0.1, 0.15) is 0 Å². The van der Waals surface area contributed by atoms with Crippen molar-refractivity contribution in [3.8, 4) is 0 Å². The van der Waals surface area contributed by atoms with Crippen molar-refractivity contribution in [2.75, 3.05) is 28.4 Å². The summed E-state index contributed by atoms with van der Waals surface area (Å²) < 4.78 is 18.6. The summed E-state index contributed by atoms with van der Waals surface area (Å²) in [6, 6.07) is 0. The third-order valence-corrected chi connectivity index (χ3v) is 3.97. The lowest BCUT2D eigenvalue weighted by molar-refractivity contribution is -0.196. The first-order valence-corrected chi connectivity index (χ1v) is 6.22. The molecule has 0 N–H and O–H groups in total. The van der Waals surface area contributed by atoms with Crippen LogP contribution in [0.1, 0.15) is 19.3 Å². The first-order valence-electron chi connectivity index (χ1n) is 6.22. The Balaban J connectivity index is 3.65. The van der Waals surface area contributed by atoms with Gasteiger partial charge in [-0.3, -0.25) is 19.2 Å². The van der Waals surface area contributed by atoms with Crippen LogP contribution in [-0.4, -0.2) is 52.3 Å². The molecule has 0 heterocycles. The first-order chi connectivity index (χ1) is 9.88. The highest BCUT2D eigenvalue weighted by molar-refractivity contribution is 6.15. The number of hydrogen-bond donors (Lipinski definition) is 0. The number of carbonyl (C=O) groups is 4. The summed E-state index contributed by atoms with van der Waals surface area (Å²) in [5.41, 5.74) is -4.20. The Morgan fingerprint density at radius 1 is 0.619 bits per heavy atom. The largest absolute Gasteiger partial charge is 0.468 e. The Kier molecular flexibility index (Phi) is 4.93. The van der Waals surface area contributed by atoms with Crippen LogP contribution < -0.4 is 0 Å². The second-order valence-electron chi connectivity index (χ2n) is 4.63. The minimum atomic E-state index is -2.10. The second-order valence-corrected chi connectivity index (χ2v) is 4.63. The monoisotopic (exact) mass is 302 g/mol. The Morgan fingerprint density at radius 2 is 0.857 bits per heavy atom. The molecule has 8 heteroatoms. The lowest BCUT2D eigenvalue weighted by atomic mass is 9.65. The third kappa shape index (κ3) is 2.05. The molecular weight excluding hydrogens is 284 g/mol. The normalized spacial score (nSPS) is 18.5. The number of methoxy groups -OCH3 is 4. The number of carbonyl (C=O) groups excluding carboxylic acids is 4. The summed E-state index contributed by atoms with van der Waals surface area (Å²) in [5.74, 6) is -4.10. The van der Waals surface area contributed by atoms with E-state index >= 15 is 0 Å². The Bertz CT molecular complexity index is 393. The van der Waals surface area contributed by atoms with Gasteiger partial charge in [0, 0.05) is 0 Å². The van der Waals surface area contributed by atoms with Crippen molar-refractivity contribution in [2.45, 2.75) is 19.3 Å². The van der Waals surface area contributed by atoms with Gasteiger partial charge >= 0.3 is 23.9 Å². The molecule has 8 nitrogen and oxygen atoms in total. The fraction of sp³-hybridized carbons (Fsp3) is 0.692. The molecule has 0 radical (unpaired) electrons. The van der Waals surface area contributed by atoms with E-state index in [-0.39, 0.29) is 19.3 Å². The highest BCUT2D eigenvalue weighted by atomic mass is 16.6. The van der Waals surface area contributed by atoms with E-state index < -0.39 is 34.7 Å². The average Bonchev–Trinajstić information content (AvgIpc) is 2.93. The van der Waals surface area contributed by atoms with E-state index in [1.807, 2.05) is 0 Å². The molecule has 1 aliphatic carbocycles. The molecule has 1 aliphatic rings. The molecule has 0 saturated heterocycles. The molecule has 21 heavy (non-hydrogen) atoms. The Hall–Kier alpha value is -2.12. The van der Waals surface area contributed by atoms with Crippen LogP contribution in [0.2, 0.25) is 0 Å². The highest BCUT2D eigenvalue weighted by Crippen LogP contribution is 2.56. The molecule has 1 rings (SSSR count). The molecule has 0 atom stereocenters. The maximum Gasteiger partial charge on any atom is 0.325 e. The van der Waals surface area contributed by atoms with Crippen molar-refractivity contribution in [1.29, 1.82) is 0 Å². The van der Waals surface area contributed by atoms with E-state index in [1.165, 1.54) is 0 Å². The van der Waals surface area contributed by atoms with E-state index in [0.29, 0.717) is 0 Å². The summed E-state index contributed by atoms with van der Waals surface area (Å²) in [5, 5.41) is 0.